The molecule has 0 saturated carbocycles. The predicted octanol–water partition coefficient (Wildman–Crippen LogP) is 2.57. The minimum Gasteiger partial charge on any atom is -0.493 e. The SMILES string of the molecule is COC1=COC=C2CC(C)(C)C(/C=N/O)=C21. The van der Waals surface area contributed by atoms with Crippen molar-refractivity contribution in [2.45, 2.75) is 20.3 Å². The van der Waals surface area contributed by atoms with Crippen molar-refractivity contribution in [3.05, 3.63) is 35.0 Å². The number of rotatable bonds is 2. The van der Waals surface area contributed by atoms with Crippen molar-refractivity contribution in [3.63, 3.8) is 0 Å². The molecule has 2 rings (SSSR count). The lowest BCUT2D eigenvalue weighted by molar-refractivity contribution is 0.265. The van der Waals surface area contributed by atoms with Gasteiger partial charge in [0, 0.05) is 5.57 Å². The smallest absolute Gasteiger partial charge is 0.161 e. The molecule has 1 N–H and O–H groups in total. The van der Waals surface area contributed by atoms with Gasteiger partial charge in [-0.3, -0.25) is 0 Å². The maximum Gasteiger partial charge on any atom is 0.161 e. The summed E-state index contributed by atoms with van der Waals surface area (Å²) in [6.07, 6.45) is 5.61. The van der Waals surface area contributed by atoms with Gasteiger partial charge in [-0.1, -0.05) is 19.0 Å². The first-order valence-corrected chi connectivity index (χ1v) is 5.12. The van der Waals surface area contributed by atoms with Gasteiger partial charge in [-0.05, 0) is 23.0 Å². The number of allylic oxidation sites excluding steroid dienone is 2. The third-order valence-corrected chi connectivity index (χ3v) is 2.99. The molecule has 4 nitrogen and oxygen atoms in total. The average molecular weight is 221 g/mol. The summed E-state index contributed by atoms with van der Waals surface area (Å²) < 4.78 is 10.5. The van der Waals surface area contributed by atoms with Crippen LogP contribution in [0.4, 0.5) is 0 Å². The lowest BCUT2D eigenvalue weighted by Crippen LogP contribution is -2.11. The van der Waals surface area contributed by atoms with Gasteiger partial charge in [0.1, 0.15) is 6.26 Å². The Labute approximate surface area is 94.5 Å². The first-order valence-electron chi connectivity index (χ1n) is 5.12. The van der Waals surface area contributed by atoms with Crippen molar-refractivity contribution >= 4 is 6.21 Å². The highest BCUT2D eigenvalue weighted by atomic mass is 16.5. The standard InChI is InChI=1S/C12H15NO3/c1-12(2)4-8-6-16-7-10(15-3)11(8)9(12)5-13-14/h5-7,14H,4H2,1-3H3/b13-5+. The fourth-order valence-corrected chi connectivity index (χ4v) is 2.25. The highest BCUT2D eigenvalue weighted by Crippen LogP contribution is 2.48. The number of hydrogen-bond acceptors (Lipinski definition) is 4. The summed E-state index contributed by atoms with van der Waals surface area (Å²) in [5, 5.41) is 11.9. The van der Waals surface area contributed by atoms with Gasteiger partial charge in [-0.15, -0.1) is 0 Å². The second-order valence-corrected chi connectivity index (χ2v) is 4.56. The van der Waals surface area contributed by atoms with Crippen LogP contribution >= 0.6 is 0 Å². The van der Waals surface area contributed by atoms with Gasteiger partial charge in [0.15, 0.2) is 5.76 Å². The van der Waals surface area contributed by atoms with Crippen LogP contribution in [0.1, 0.15) is 20.3 Å². The first kappa shape index (κ1) is 10.8. The number of oxime groups is 1. The summed E-state index contributed by atoms with van der Waals surface area (Å²) in [6.45, 7) is 4.20. The van der Waals surface area contributed by atoms with Crippen molar-refractivity contribution in [2.75, 3.05) is 7.11 Å². The predicted molar refractivity (Wildman–Crippen MR) is 60.0 cm³/mol. The molecule has 0 aromatic carbocycles. The van der Waals surface area contributed by atoms with E-state index in [0.717, 1.165) is 23.1 Å². The van der Waals surface area contributed by atoms with Crippen LogP contribution in [0.2, 0.25) is 0 Å². The molecule has 0 radical (unpaired) electrons. The van der Waals surface area contributed by atoms with E-state index in [1.54, 1.807) is 19.6 Å². The molecule has 0 bridgehead atoms. The molecule has 0 aromatic heterocycles. The van der Waals surface area contributed by atoms with E-state index in [4.69, 9.17) is 14.7 Å². The van der Waals surface area contributed by atoms with Gasteiger partial charge in [0.25, 0.3) is 0 Å². The number of nitrogens with zero attached hydrogens (tertiary/aromatic N) is 1. The Morgan fingerprint density at radius 2 is 2.25 bits per heavy atom. The summed E-state index contributed by atoms with van der Waals surface area (Å²) in [5.41, 5.74) is 2.96. The summed E-state index contributed by atoms with van der Waals surface area (Å²) in [7, 11) is 1.60. The molecular weight excluding hydrogens is 206 g/mol. The maximum absolute atomic E-state index is 8.73. The second-order valence-electron chi connectivity index (χ2n) is 4.56. The van der Waals surface area contributed by atoms with Crippen LogP contribution in [0.15, 0.2) is 40.2 Å². The second kappa shape index (κ2) is 3.70. The Morgan fingerprint density at radius 3 is 2.88 bits per heavy atom. The van der Waals surface area contributed by atoms with Gasteiger partial charge < -0.3 is 14.7 Å². The van der Waals surface area contributed by atoms with Gasteiger partial charge >= 0.3 is 0 Å². The van der Waals surface area contributed by atoms with E-state index in [1.165, 1.54) is 6.21 Å². The summed E-state index contributed by atoms with van der Waals surface area (Å²) >= 11 is 0. The fourth-order valence-electron chi connectivity index (χ4n) is 2.25. The highest BCUT2D eigenvalue weighted by molar-refractivity contribution is 5.86. The maximum atomic E-state index is 8.73. The summed E-state index contributed by atoms with van der Waals surface area (Å²) in [4.78, 5) is 0. The van der Waals surface area contributed by atoms with Crippen LogP contribution in [0.5, 0.6) is 0 Å². The van der Waals surface area contributed by atoms with E-state index >= 15 is 0 Å². The van der Waals surface area contributed by atoms with E-state index in [2.05, 4.69) is 19.0 Å². The molecule has 0 spiro atoms. The Kier molecular flexibility index (Phi) is 2.50. The van der Waals surface area contributed by atoms with Crippen molar-refractivity contribution in [3.8, 4) is 0 Å². The van der Waals surface area contributed by atoms with E-state index < -0.39 is 0 Å². The lowest BCUT2D eigenvalue weighted by atomic mass is 9.85. The highest BCUT2D eigenvalue weighted by Gasteiger charge is 2.38. The van der Waals surface area contributed by atoms with Crippen LogP contribution in [0.3, 0.4) is 0 Å². The van der Waals surface area contributed by atoms with Crippen molar-refractivity contribution in [1.82, 2.24) is 0 Å². The molecule has 2 aliphatic rings. The Bertz CT molecular complexity index is 428. The number of ether oxygens (including phenoxy) is 2. The number of hydrogen-bond donors (Lipinski definition) is 1. The minimum atomic E-state index is -0.0707. The third-order valence-electron chi connectivity index (χ3n) is 2.99. The molecular formula is C12H15NO3. The normalized spacial score (nSPS) is 22.7. The summed E-state index contributed by atoms with van der Waals surface area (Å²) in [6, 6.07) is 0. The lowest BCUT2D eigenvalue weighted by Gasteiger charge is -2.18. The molecule has 0 unspecified atom stereocenters. The first-order chi connectivity index (χ1) is 7.60. The minimum absolute atomic E-state index is 0.0707. The number of fused-ring (bicyclic) bond motifs is 1. The molecule has 0 atom stereocenters. The van der Waals surface area contributed by atoms with Gasteiger partial charge in [0.2, 0.25) is 0 Å². The van der Waals surface area contributed by atoms with E-state index in [9.17, 15) is 0 Å². The third kappa shape index (κ3) is 1.50. The molecule has 0 aromatic rings. The zero-order valence-corrected chi connectivity index (χ0v) is 9.65. The molecule has 86 valence electrons. The zero-order valence-electron chi connectivity index (χ0n) is 9.65. The summed E-state index contributed by atoms with van der Waals surface area (Å²) in [5.74, 6) is 0.679. The van der Waals surface area contributed by atoms with E-state index in [0.29, 0.717) is 5.76 Å². The van der Waals surface area contributed by atoms with Crippen molar-refractivity contribution in [1.29, 1.82) is 0 Å². The van der Waals surface area contributed by atoms with Crippen LogP contribution in [-0.2, 0) is 9.47 Å². The van der Waals surface area contributed by atoms with Crippen molar-refractivity contribution < 1.29 is 14.7 Å². The van der Waals surface area contributed by atoms with Gasteiger partial charge in [-0.2, -0.15) is 0 Å². The van der Waals surface area contributed by atoms with Crippen LogP contribution < -0.4 is 0 Å². The molecule has 0 saturated heterocycles. The van der Waals surface area contributed by atoms with Crippen molar-refractivity contribution in [2.24, 2.45) is 10.6 Å². The van der Waals surface area contributed by atoms with E-state index in [1.807, 2.05) is 0 Å². The monoisotopic (exact) mass is 221 g/mol. The van der Waals surface area contributed by atoms with Gasteiger partial charge in [-0.25, -0.2) is 0 Å². The molecule has 16 heavy (non-hydrogen) atoms. The molecule has 0 amide bonds. The average Bonchev–Trinajstić information content (AvgIpc) is 2.50. The Hall–Kier alpha value is -1.71. The van der Waals surface area contributed by atoms with Crippen LogP contribution in [-0.4, -0.2) is 18.5 Å². The molecule has 4 heteroatoms. The largest absolute Gasteiger partial charge is 0.493 e. The molecule has 1 aliphatic heterocycles. The molecule has 1 heterocycles. The van der Waals surface area contributed by atoms with E-state index in [-0.39, 0.29) is 5.41 Å². The fraction of sp³-hybridized carbons (Fsp3) is 0.417. The molecule has 1 aliphatic carbocycles. The van der Waals surface area contributed by atoms with Crippen LogP contribution in [0, 0.1) is 5.41 Å². The Morgan fingerprint density at radius 1 is 1.50 bits per heavy atom. The quantitative estimate of drug-likeness (QED) is 0.443. The Balaban J connectivity index is 2.57. The molecule has 0 fully saturated rings. The van der Waals surface area contributed by atoms with Gasteiger partial charge in [0.05, 0.1) is 19.6 Å². The zero-order chi connectivity index (χ0) is 11.8. The van der Waals surface area contributed by atoms with Crippen LogP contribution in [0.25, 0.3) is 0 Å². The number of methoxy groups -OCH3 is 1. The topological polar surface area (TPSA) is 51.0 Å².